The van der Waals surface area contributed by atoms with E-state index < -0.39 is 0 Å². The highest BCUT2D eigenvalue weighted by Gasteiger charge is 2.12. The summed E-state index contributed by atoms with van der Waals surface area (Å²) in [5.41, 5.74) is 3.07. The molecule has 1 aromatic carbocycles. The number of fused-ring (bicyclic) bond motifs is 3. The van der Waals surface area contributed by atoms with Gasteiger partial charge in [0.15, 0.2) is 0 Å². The number of aryl methyl sites for hydroxylation is 1. The van der Waals surface area contributed by atoms with Crippen LogP contribution in [-0.4, -0.2) is 20.9 Å². The molecule has 23 heavy (non-hydrogen) atoms. The van der Waals surface area contributed by atoms with Crippen molar-refractivity contribution in [2.75, 3.05) is 5.32 Å². The molecule has 0 aliphatic carbocycles. The first kappa shape index (κ1) is 13.5. The lowest BCUT2D eigenvalue weighted by Crippen LogP contribution is -2.13. The number of anilines is 1. The number of benzene rings is 1. The van der Waals surface area contributed by atoms with Gasteiger partial charge in [-0.25, -0.2) is 4.98 Å². The van der Waals surface area contributed by atoms with Crippen LogP contribution in [0.1, 0.15) is 16.2 Å². The second-order valence-electron chi connectivity index (χ2n) is 5.41. The monoisotopic (exact) mass is 302 g/mol. The van der Waals surface area contributed by atoms with E-state index in [2.05, 4.69) is 20.3 Å². The maximum absolute atomic E-state index is 12.4. The number of aromatic nitrogens is 3. The van der Waals surface area contributed by atoms with E-state index in [1.807, 2.05) is 49.4 Å². The van der Waals surface area contributed by atoms with Crippen molar-refractivity contribution >= 4 is 33.5 Å². The van der Waals surface area contributed by atoms with Gasteiger partial charge in [0.05, 0.1) is 11.0 Å². The van der Waals surface area contributed by atoms with Gasteiger partial charge in [-0.15, -0.1) is 0 Å². The van der Waals surface area contributed by atoms with Crippen LogP contribution in [0.15, 0.2) is 54.7 Å². The third kappa shape index (κ3) is 2.42. The molecule has 0 saturated heterocycles. The molecule has 112 valence electrons. The average Bonchev–Trinajstić information content (AvgIpc) is 3.00. The van der Waals surface area contributed by atoms with E-state index >= 15 is 0 Å². The van der Waals surface area contributed by atoms with Crippen molar-refractivity contribution in [1.29, 1.82) is 0 Å². The molecule has 5 nitrogen and oxygen atoms in total. The average molecular weight is 302 g/mol. The van der Waals surface area contributed by atoms with Gasteiger partial charge < -0.3 is 10.3 Å². The molecule has 4 aromatic rings. The van der Waals surface area contributed by atoms with Crippen LogP contribution >= 0.6 is 0 Å². The minimum Gasteiger partial charge on any atom is -0.349 e. The molecule has 5 heteroatoms. The molecule has 0 fully saturated rings. The molecular weight excluding hydrogens is 288 g/mol. The number of carbonyl (C=O) groups excluding carboxylic acids is 1. The number of nitrogens with one attached hydrogen (secondary N) is 2. The highest BCUT2D eigenvalue weighted by molar-refractivity contribution is 6.10. The van der Waals surface area contributed by atoms with E-state index in [0.29, 0.717) is 11.5 Å². The normalized spacial score (nSPS) is 11.0. The summed E-state index contributed by atoms with van der Waals surface area (Å²) < 4.78 is 0. The quantitative estimate of drug-likeness (QED) is 0.593. The van der Waals surface area contributed by atoms with E-state index in [1.165, 1.54) is 0 Å². The molecule has 0 spiro atoms. The second-order valence-corrected chi connectivity index (χ2v) is 5.41. The fraction of sp³-hybridized carbons (Fsp3) is 0.0556. The number of aromatic amines is 1. The van der Waals surface area contributed by atoms with Crippen LogP contribution in [0.5, 0.6) is 0 Å². The molecule has 0 atom stereocenters. The van der Waals surface area contributed by atoms with Crippen LogP contribution in [0, 0.1) is 6.92 Å². The fourth-order valence-corrected chi connectivity index (χ4v) is 2.66. The van der Waals surface area contributed by atoms with Gasteiger partial charge in [0.25, 0.3) is 5.91 Å². The van der Waals surface area contributed by atoms with Crippen LogP contribution in [0.25, 0.3) is 21.8 Å². The van der Waals surface area contributed by atoms with Crippen molar-refractivity contribution in [3.8, 4) is 0 Å². The molecule has 0 bridgehead atoms. The largest absolute Gasteiger partial charge is 0.349 e. The Bertz CT molecular complexity index is 1040. The van der Waals surface area contributed by atoms with E-state index in [4.69, 9.17) is 0 Å². The topological polar surface area (TPSA) is 70.7 Å². The molecule has 0 aliphatic rings. The summed E-state index contributed by atoms with van der Waals surface area (Å²) in [4.78, 5) is 24.3. The SMILES string of the molecule is Cc1cccc(NC(=O)c2cc3ccc4cccnc4c3[nH]2)n1. The number of hydrogen-bond donors (Lipinski definition) is 2. The lowest BCUT2D eigenvalue weighted by atomic mass is 10.1. The Morgan fingerprint density at radius 1 is 1.09 bits per heavy atom. The van der Waals surface area contributed by atoms with Crippen LogP contribution in [0.4, 0.5) is 5.82 Å². The zero-order valence-corrected chi connectivity index (χ0v) is 12.5. The number of nitrogens with zero attached hydrogens (tertiary/aromatic N) is 2. The molecule has 2 N–H and O–H groups in total. The summed E-state index contributed by atoms with van der Waals surface area (Å²) in [6, 6.07) is 15.2. The maximum Gasteiger partial charge on any atom is 0.273 e. The highest BCUT2D eigenvalue weighted by atomic mass is 16.1. The molecule has 4 rings (SSSR count). The Morgan fingerprint density at radius 3 is 2.83 bits per heavy atom. The molecule has 3 heterocycles. The van der Waals surface area contributed by atoms with E-state index in [0.717, 1.165) is 27.5 Å². The standard InChI is InChI=1S/C18H14N4O/c1-11-4-2-6-15(20-11)22-18(23)14-10-13-8-7-12-5-3-9-19-16(12)17(13)21-14/h2-10,21H,1H3,(H,20,22,23). The predicted molar refractivity (Wildman–Crippen MR) is 90.5 cm³/mol. The van der Waals surface area contributed by atoms with E-state index in [9.17, 15) is 4.79 Å². The molecule has 3 aromatic heterocycles. The van der Waals surface area contributed by atoms with E-state index in [-0.39, 0.29) is 5.91 Å². The predicted octanol–water partition coefficient (Wildman–Crippen LogP) is 3.67. The third-order valence-electron chi connectivity index (χ3n) is 3.74. The van der Waals surface area contributed by atoms with Gasteiger partial charge in [-0.05, 0) is 31.2 Å². The highest BCUT2D eigenvalue weighted by Crippen LogP contribution is 2.24. The fourth-order valence-electron chi connectivity index (χ4n) is 2.66. The first-order chi connectivity index (χ1) is 11.2. The lowest BCUT2D eigenvalue weighted by molar-refractivity contribution is 0.102. The Labute approximate surface area is 132 Å². The van der Waals surface area contributed by atoms with Gasteiger partial charge in [0.2, 0.25) is 0 Å². The summed E-state index contributed by atoms with van der Waals surface area (Å²) in [6.07, 6.45) is 1.75. The number of hydrogen-bond acceptors (Lipinski definition) is 3. The number of carbonyl (C=O) groups is 1. The van der Waals surface area contributed by atoms with Gasteiger partial charge in [0.1, 0.15) is 11.5 Å². The molecule has 0 radical (unpaired) electrons. The molecule has 0 unspecified atom stereocenters. The van der Waals surface area contributed by atoms with Gasteiger partial charge in [-0.3, -0.25) is 9.78 Å². The third-order valence-corrected chi connectivity index (χ3v) is 3.74. The Kier molecular flexibility index (Phi) is 3.05. The van der Waals surface area contributed by atoms with Gasteiger partial charge in [-0.2, -0.15) is 0 Å². The summed E-state index contributed by atoms with van der Waals surface area (Å²) in [6.45, 7) is 1.89. The van der Waals surface area contributed by atoms with Crippen molar-refractivity contribution in [3.63, 3.8) is 0 Å². The minimum atomic E-state index is -0.219. The van der Waals surface area contributed by atoms with Crippen LogP contribution in [0.3, 0.4) is 0 Å². The lowest BCUT2D eigenvalue weighted by Gasteiger charge is -2.03. The van der Waals surface area contributed by atoms with E-state index in [1.54, 1.807) is 12.3 Å². The molecule has 0 saturated carbocycles. The summed E-state index contributed by atoms with van der Waals surface area (Å²) in [5, 5.41) is 4.80. The molecule has 0 aliphatic heterocycles. The number of H-pyrrole nitrogens is 1. The number of amides is 1. The van der Waals surface area contributed by atoms with Crippen molar-refractivity contribution in [2.45, 2.75) is 6.92 Å². The molecule has 1 amide bonds. The van der Waals surface area contributed by atoms with Crippen LogP contribution < -0.4 is 5.32 Å². The zero-order valence-electron chi connectivity index (χ0n) is 12.5. The summed E-state index contributed by atoms with van der Waals surface area (Å²) in [5.74, 6) is 0.319. The Morgan fingerprint density at radius 2 is 1.96 bits per heavy atom. The first-order valence-electron chi connectivity index (χ1n) is 7.32. The zero-order chi connectivity index (χ0) is 15.8. The van der Waals surface area contributed by atoms with Crippen molar-refractivity contribution < 1.29 is 4.79 Å². The number of pyridine rings is 2. The molecular formula is C18H14N4O. The summed E-state index contributed by atoms with van der Waals surface area (Å²) in [7, 11) is 0. The van der Waals surface area contributed by atoms with Gasteiger partial charge in [-0.1, -0.05) is 24.3 Å². The number of rotatable bonds is 2. The van der Waals surface area contributed by atoms with Gasteiger partial charge in [0, 0.05) is 22.7 Å². The minimum absolute atomic E-state index is 0.219. The Hall–Kier alpha value is -3.21. The van der Waals surface area contributed by atoms with Crippen molar-refractivity contribution in [3.05, 3.63) is 66.1 Å². The summed E-state index contributed by atoms with van der Waals surface area (Å²) >= 11 is 0. The maximum atomic E-state index is 12.4. The van der Waals surface area contributed by atoms with Crippen molar-refractivity contribution in [1.82, 2.24) is 15.0 Å². The van der Waals surface area contributed by atoms with Crippen LogP contribution in [0.2, 0.25) is 0 Å². The smallest absolute Gasteiger partial charge is 0.273 e. The van der Waals surface area contributed by atoms with Gasteiger partial charge >= 0.3 is 0 Å². The second kappa shape index (κ2) is 5.21. The van der Waals surface area contributed by atoms with Crippen LogP contribution in [-0.2, 0) is 0 Å². The Balaban J connectivity index is 1.74. The first-order valence-corrected chi connectivity index (χ1v) is 7.32. The van der Waals surface area contributed by atoms with Crippen molar-refractivity contribution in [2.24, 2.45) is 0 Å².